The van der Waals surface area contributed by atoms with Crippen molar-refractivity contribution in [1.29, 1.82) is 0 Å². The van der Waals surface area contributed by atoms with Gasteiger partial charge in [0.25, 0.3) is 5.91 Å². The molecule has 9 nitrogen and oxygen atoms in total. The smallest absolute Gasteiger partial charge is 0.325 e. The number of halogens is 1. The highest BCUT2D eigenvalue weighted by atomic mass is 35.5. The number of imide groups is 1. The first-order valence-electron chi connectivity index (χ1n) is 10.6. The van der Waals surface area contributed by atoms with Crippen LogP contribution in [0.1, 0.15) is 11.1 Å². The third-order valence-electron chi connectivity index (χ3n) is 5.70. The number of nitrogens with one attached hydrogen (secondary N) is 1. The summed E-state index contributed by atoms with van der Waals surface area (Å²) >= 11 is 6.00. The molecule has 1 aromatic carbocycles. The van der Waals surface area contributed by atoms with Crippen LogP contribution in [-0.4, -0.2) is 45.8 Å². The Morgan fingerprint density at radius 1 is 1.12 bits per heavy atom. The first kappa shape index (κ1) is 23.2. The van der Waals surface area contributed by atoms with E-state index in [4.69, 9.17) is 17.3 Å². The van der Waals surface area contributed by atoms with E-state index in [1.54, 1.807) is 74.2 Å². The largest absolute Gasteiger partial charge is 0.384 e. The summed E-state index contributed by atoms with van der Waals surface area (Å²) in [5.41, 5.74) is 7.90. The molecule has 1 saturated heterocycles. The van der Waals surface area contributed by atoms with E-state index in [2.05, 4.69) is 15.3 Å². The van der Waals surface area contributed by atoms with Gasteiger partial charge in [0.05, 0.1) is 5.92 Å². The number of hydrogen-bond donors (Lipinski definition) is 2. The normalized spacial score (nSPS) is 17.1. The predicted molar refractivity (Wildman–Crippen MR) is 128 cm³/mol. The lowest BCUT2D eigenvalue weighted by molar-refractivity contribution is -0.156. The van der Waals surface area contributed by atoms with Gasteiger partial charge >= 0.3 is 6.03 Å². The second-order valence-corrected chi connectivity index (χ2v) is 8.38. The third kappa shape index (κ3) is 4.84. The Morgan fingerprint density at radius 3 is 2.59 bits per heavy atom. The lowest BCUT2D eigenvalue weighted by atomic mass is 9.81. The van der Waals surface area contributed by atoms with Crippen molar-refractivity contribution in [3.63, 3.8) is 0 Å². The fraction of sp³-hybridized carbons (Fsp3) is 0.208. The minimum absolute atomic E-state index is 0.163. The summed E-state index contributed by atoms with van der Waals surface area (Å²) in [6.07, 6.45) is 4.93. The molecule has 34 heavy (non-hydrogen) atoms. The highest BCUT2D eigenvalue weighted by molar-refractivity contribution is 6.30. The van der Waals surface area contributed by atoms with E-state index < -0.39 is 23.9 Å². The van der Waals surface area contributed by atoms with E-state index in [0.29, 0.717) is 16.5 Å². The molecule has 0 bridgehead atoms. The van der Waals surface area contributed by atoms with Crippen molar-refractivity contribution in [3.05, 3.63) is 83.3 Å². The Bertz CT molecular complexity index is 1210. The zero-order chi connectivity index (χ0) is 24.2. The van der Waals surface area contributed by atoms with E-state index in [9.17, 15) is 14.4 Å². The minimum atomic E-state index is -0.973. The standard InChI is InChI=1S/C24H23ClN6O3/c1-30(18-6-8-27-9-7-18)23(33)21-19(12-15-5-10-28-20(26)13-15)22(32)31(21)24(34)29-14-16-3-2-4-17(25)11-16/h2-11,13,19,21H,12,14H2,1H3,(H2,26,28)(H,29,34)/t19-,21+/m1/s1. The second-order valence-electron chi connectivity index (χ2n) is 7.94. The number of nitrogens with zero attached hydrogens (tertiary/aromatic N) is 4. The second kappa shape index (κ2) is 9.88. The summed E-state index contributed by atoms with van der Waals surface area (Å²) in [5, 5.41) is 3.25. The molecule has 2 atom stereocenters. The summed E-state index contributed by atoms with van der Waals surface area (Å²) in [7, 11) is 1.60. The van der Waals surface area contributed by atoms with Crippen LogP contribution in [0.4, 0.5) is 16.3 Å². The van der Waals surface area contributed by atoms with Crippen LogP contribution < -0.4 is 16.0 Å². The van der Waals surface area contributed by atoms with Gasteiger partial charge in [-0.3, -0.25) is 19.5 Å². The molecule has 174 valence electrons. The maximum atomic E-state index is 13.4. The third-order valence-corrected chi connectivity index (χ3v) is 5.94. The van der Waals surface area contributed by atoms with Crippen LogP contribution in [0.25, 0.3) is 0 Å². The molecule has 0 radical (unpaired) electrons. The number of aromatic nitrogens is 2. The Kier molecular flexibility index (Phi) is 6.74. The van der Waals surface area contributed by atoms with Gasteiger partial charge in [0, 0.05) is 42.9 Å². The summed E-state index contributed by atoms with van der Waals surface area (Å²) in [6.45, 7) is 0.163. The van der Waals surface area contributed by atoms with Crippen molar-refractivity contribution in [1.82, 2.24) is 20.2 Å². The van der Waals surface area contributed by atoms with Crippen molar-refractivity contribution in [2.75, 3.05) is 17.7 Å². The fourth-order valence-corrected chi connectivity index (χ4v) is 4.15. The Balaban J connectivity index is 1.55. The van der Waals surface area contributed by atoms with Gasteiger partial charge in [-0.2, -0.15) is 0 Å². The molecule has 1 fully saturated rings. The Morgan fingerprint density at radius 2 is 1.88 bits per heavy atom. The number of β-lactam (4-membered cyclic amide) rings is 1. The maximum absolute atomic E-state index is 13.4. The predicted octanol–water partition coefficient (Wildman–Crippen LogP) is 2.65. The average molecular weight is 479 g/mol. The number of carbonyl (C=O) groups is 3. The van der Waals surface area contributed by atoms with Crippen LogP contribution in [0.3, 0.4) is 0 Å². The maximum Gasteiger partial charge on any atom is 0.325 e. The molecule has 0 spiro atoms. The van der Waals surface area contributed by atoms with Crippen LogP contribution in [0.5, 0.6) is 0 Å². The van der Waals surface area contributed by atoms with E-state index in [1.165, 1.54) is 4.90 Å². The molecule has 3 aromatic rings. The number of rotatable bonds is 6. The number of hydrogen-bond acceptors (Lipinski definition) is 6. The van der Waals surface area contributed by atoms with E-state index >= 15 is 0 Å². The molecule has 1 aliphatic heterocycles. The molecular formula is C24H23ClN6O3. The number of nitrogens with two attached hydrogens (primary N) is 1. The summed E-state index contributed by atoms with van der Waals surface area (Å²) in [4.78, 5) is 49.8. The molecule has 3 N–H and O–H groups in total. The van der Waals surface area contributed by atoms with Gasteiger partial charge in [-0.1, -0.05) is 23.7 Å². The molecule has 3 heterocycles. The molecular weight excluding hydrogens is 456 g/mol. The van der Waals surface area contributed by atoms with Crippen LogP contribution in [0.2, 0.25) is 5.02 Å². The van der Waals surface area contributed by atoms with Crippen LogP contribution in [0.15, 0.2) is 67.1 Å². The van der Waals surface area contributed by atoms with Gasteiger partial charge in [-0.15, -0.1) is 0 Å². The molecule has 0 unspecified atom stereocenters. The molecule has 2 aromatic heterocycles. The quantitative estimate of drug-likeness (QED) is 0.525. The number of benzene rings is 1. The first-order valence-corrected chi connectivity index (χ1v) is 11.0. The Hall–Kier alpha value is -3.98. The molecule has 10 heteroatoms. The Labute approximate surface area is 201 Å². The highest BCUT2D eigenvalue weighted by Gasteiger charge is 2.55. The van der Waals surface area contributed by atoms with Gasteiger partial charge in [0.2, 0.25) is 5.91 Å². The van der Waals surface area contributed by atoms with Gasteiger partial charge in [0.15, 0.2) is 0 Å². The van der Waals surface area contributed by atoms with Gasteiger partial charge in [0.1, 0.15) is 11.9 Å². The zero-order valence-corrected chi connectivity index (χ0v) is 19.1. The molecule has 0 saturated carbocycles. The van der Waals surface area contributed by atoms with Crippen molar-refractivity contribution < 1.29 is 14.4 Å². The van der Waals surface area contributed by atoms with Gasteiger partial charge < -0.3 is 16.0 Å². The van der Waals surface area contributed by atoms with E-state index in [0.717, 1.165) is 16.0 Å². The van der Waals surface area contributed by atoms with Crippen molar-refractivity contribution in [2.45, 2.75) is 19.0 Å². The number of amides is 4. The number of urea groups is 1. The van der Waals surface area contributed by atoms with Gasteiger partial charge in [-0.05, 0) is 53.9 Å². The number of likely N-dealkylation sites (N-methyl/N-ethyl adjacent to an activating group) is 1. The fourth-order valence-electron chi connectivity index (χ4n) is 3.93. The topological polar surface area (TPSA) is 122 Å². The molecule has 0 aliphatic carbocycles. The van der Waals surface area contributed by atoms with E-state index in [-0.39, 0.29) is 18.9 Å². The summed E-state index contributed by atoms with van der Waals surface area (Å²) in [5.74, 6) is -1.20. The minimum Gasteiger partial charge on any atom is -0.384 e. The highest BCUT2D eigenvalue weighted by Crippen LogP contribution is 2.32. The van der Waals surface area contributed by atoms with Gasteiger partial charge in [-0.25, -0.2) is 9.78 Å². The van der Waals surface area contributed by atoms with Crippen LogP contribution >= 0.6 is 11.6 Å². The summed E-state index contributed by atoms with van der Waals surface area (Å²) in [6, 6.07) is 12.2. The number of likely N-dealkylation sites (tertiary alicyclic amines) is 1. The molecule has 4 amide bonds. The number of nitrogen functional groups attached to an aromatic ring is 1. The number of anilines is 2. The van der Waals surface area contributed by atoms with Crippen LogP contribution in [-0.2, 0) is 22.6 Å². The lowest BCUT2D eigenvalue weighted by Gasteiger charge is -2.45. The monoisotopic (exact) mass is 478 g/mol. The molecule has 1 aliphatic rings. The SMILES string of the molecule is CN(C(=O)[C@@H]1[C@@H](Cc2ccnc(N)c2)C(=O)N1C(=O)NCc1cccc(Cl)c1)c1ccncc1. The number of carbonyl (C=O) groups excluding carboxylic acids is 3. The average Bonchev–Trinajstić information content (AvgIpc) is 2.84. The lowest BCUT2D eigenvalue weighted by Crippen LogP contribution is -2.70. The molecule has 4 rings (SSSR count). The number of pyridine rings is 2. The van der Waals surface area contributed by atoms with Crippen molar-refractivity contribution >= 4 is 41.0 Å². The van der Waals surface area contributed by atoms with Crippen molar-refractivity contribution in [2.24, 2.45) is 5.92 Å². The summed E-state index contributed by atoms with van der Waals surface area (Å²) < 4.78 is 0. The van der Waals surface area contributed by atoms with E-state index in [1.807, 2.05) is 0 Å². The van der Waals surface area contributed by atoms with Crippen molar-refractivity contribution in [3.8, 4) is 0 Å². The first-order chi connectivity index (χ1) is 16.3. The van der Waals surface area contributed by atoms with Crippen LogP contribution in [0, 0.1) is 5.92 Å². The zero-order valence-electron chi connectivity index (χ0n) is 18.4.